The van der Waals surface area contributed by atoms with E-state index in [4.69, 9.17) is 16.9 Å². The second kappa shape index (κ2) is 2.50. The maximum absolute atomic E-state index is 8.66. The lowest BCUT2D eigenvalue weighted by Crippen LogP contribution is -1.76. The molecule has 2 heterocycles. The Labute approximate surface area is 73.6 Å². The van der Waals surface area contributed by atoms with Crippen molar-refractivity contribution >= 4 is 22.6 Å². The Morgan fingerprint density at radius 2 is 2.42 bits per heavy atom. The van der Waals surface area contributed by atoms with Crippen molar-refractivity contribution in [3.63, 3.8) is 0 Å². The molecule has 12 heavy (non-hydrogen) atoms. The molecule has 0 aliphatic rings. The molecule has 0 aliphatic heterocycles. The zero-order valence-electron chi connectivity index (χ0n) is 6.00. The Bertz CT molecular complexity index is 467. The van der Waals surface area contributed by atoms with Crippen molar-refractivity contribution in [3.05, 3.63) is 29.0 Å². The third kappa shape index (κ3) is 0.858. The zero-order chi connectivity index (χ0) is 8.55. The lowest BCUT2D eigenvalue weighted by molar-refractivity contribution is 1.40. The lowest BCUT2D eigenvalue weighted by Gasteiger charge is -1.90. The van der Waals surface area contributed by atoms with Crippen molar-refractivity contribution in [2.24, 2.45) is 0 Å². The molecule has 0 unspecified atom stereocenters. The van der Waals surface area contributed by atoms with Gasteiger partial charge in [0.05, 0.1) is 16.1 Å². The summed E-state index contributed by atoms with van der Waals surface area (Å²) >= 11 is 5.85. The highest BCUT2D eigenvalue weighted by Crippen LogP contribution is 2.21. The number of nitrogens with zero attached hydrogens (tertiary/aromatic N) is 2. The molecule has 0 aromatic carbocycles. The molecule has 0 saturated heterocycles. The second-order valence-electron chi connectivity index (χ2n) is 2.33. The van der Waals surface area contributed by atoms with Gasteiger partial charge in [0.1, 0.15) is 11.6 Å². The van der Waals surface area contributed by atoms with E-state index in [0.29, 0.717) is 16.1 Å². The molecule has 3 nitrogen and oxygen atoms in total. The van der Waals surface area contributed by atoms with E-state index in [2.05, 4.69) is 9.97 Å². The molecule has 0 amide bonds. The van der Waals surface area contributed by atoms with Gasteiger partial charge in [-0.2, -0.15) is 5.26 Å². The van der Waals surface area contributed by atoms with Crippen LogP contribution in [0, 0.1) is 11.3 Å². The van der Waals surface area contributed by atoms with Crippen LogP contribution in [0.5, 0.6) is 0 Å². The van der Waals surface area contributed by atoms with Crippen LogP contribution in [0.25, 0.3) is 11.0 Å². The third-order valence-electron chi connectivity index (χ3n) is 1.64. The monoisotopic (exact) mass is 177 g/mol. The topological polar surface area (TPSA) is 52.5 Å². The molecule has 0 radical (unpaired) electrons. The number of aromatic nitrogens is 2. The summed E-state index contributed by atoms with van der Waals surface area (Å²) in [7, 11) is 0. The Morgan fingerprint density at radius 1 is 1.58 bits per heavy atom. The van der Waals surface area contributed by atoms with Crippen molar-refractivity contribution in [3.8, 4) is 6.07 Å². The van der Waals surface area contributed by atoms with Crippen molar-refractivity contribution in [2.45, 2.75) is 0 Å². The summed E-state index contributed by atoms with van der Waals surface area (Å²) in [6.07, 6.45) is 3.18. The number of aromatic amines is 1. The first-order chi connectivity index (χ1) is 5.83. The number of rotatable bonds is 0. The molecule has 4 heteroatoms. The Hall–Kier alpha value is -1.53. The minimum absolute atomic E-state index is 0.521. The number of fused-ring (bicyclic) bond motifs is 1. The van der Waals surface area contributed by atoms with E-state index in [0.717, 1.165) is 5.52 Å². The maximum atomic E-state index is 8.66. The maximum Gasteiger partial charge on any atom is 0.107 e. The van der Waals surface area contributed by atoms with E-state index in [1.165, 1.54) is 0 Å². The summed E-state index contributed by atoms with van der Waals surface area (Å²) < 4.78 is 0. The number of H-pyrrole nitrogens is 1. The highest BCUT2D eigenvalue weighted by Gasteiger charge is 2.05. The Morgan fingerprint density at radius 3 is 3.17 bits per heavy atom. The van der Waals surface area contributed by atoms with Gasteiger partial charge >= 0.3 is 0 Å². The number of hydrogen-bond donors (Lipinski definition) is 1. The van der Waals surface area contributed by atoms with Crippen LogP contribution in [0.15, 0.2) is 18.5 Å². The average molecular weight is 178 g/mol. The fraction of sp³-hybridized carbons (Fsp3) is 0. The number of nitrogens with one attached hydrogen (secondary N) is 1. The number of nitriles is 1. The Kier molecular flexibility index (Phi) is 1.49. The van der Waals surface area contributed by atoms with Gasteiger partial charge in [0.2, 0.25) is 0 Å². The van der Waals surface area contributed by atoms with E-state index in [1.54, 1.807) is 18.5 Å². The first-order valence-corrected chi connectivity index (χ1v) is 3.72. The summed E-state index contributed by atoms with van der Waals surface area (Å²) in [5.74, 6) is 0. The largest absolute Gasteiger partial charge is 0.357 e. The zero-order valence-corrected chi connectivity index (χ0v) is 6.76. The van der Waals surface area contributed by atoms with E-state index < -0.39 is 0 Å². The van der Waals surface area contributed by atoms with Crippen LogP contribution < -0.4 is 0 Å². The van der Waals surface area contributed by atoms with E-state index in [9.17, 15) is 0 Å². The quantitative estimate of drug-likeness (QED) is 0.670. The van der Waals surface area contributed by atoms with Crippen LogP contribution in [0.4, 0.5) is 0 Å². The normalized spacial score (nSPS) is 10.0. The average Bonchev–Trinajstić information content (AvgIpc) is 2.49. The molecule has 0 bridgehead atoms. The van der Waals surface area contributed by atoms with Gasteiger partial charge in [0.25, 0.3) is 0 Å². The van der Waals surface area contributed by atoms with E-state index >= 15 is 0 Å². The first kappa shape index (κ1) is 7.14. The summed E-state index contributed by atoms with van der Waals surface area (Å²) in [4.78, 5) is 6.93. The summed E-state index contributed by atoms with van der Waals surface area (Å²) in [6.45, 7) is 0. The molecular weight excluding hydrogens is 174 g/mol. The fourth-order valence-electron chi connectivity index (χ4n) is 1.08. The van der Waals surface area contributed by atoms with Crippen molar-refractivity contribution < 1.29 is 0 Å². The summed E-state index contributed by atoms with van der Waals surface area (Å²) in [6, 6.07) is 3.71. The summed E-state index contributed by atoms with van der Waals surface area (Å²) in [5.41, 5.74) is 1.87. The third-order valence-corrected chi connectivity index (χ3v) is 1.95. The van der Waals surface area contributed by atoms with Crippen LogP contribution in [0.2, 0.25) is 5.02 Å². The molecule has 1 N–H and O–H groups in total. The highest BCUT2D eigenvalue weighted by molar-refractivity contribution is 6.34. The van der Waals surface area contributed by atoms with Crippen LogP contribution in [-0.4, -0.2) is 9.97 Å². The standard InChI is InChI=1S/C8H4ClN3/c9-6-1-2-11-7-5(3-10)4-12-8(6)7/h1-2,4,12H. The number of pyridine rings is 1. The van der Waals surface area contributed by atoms with Crippen LogP contribution in [0.3, 0.4) is 0 Å². The SMILES string of the molecule is N#Cc1c[nH]c2c(Cl)ccnc12. The number of halogens is 1. The lowest BCUT2D eigenvalue weighted by atomic mass is 10.3. The van der Waals surface area contributed by atoms with Gasteiger partial charge in [-0.15, -0.1) is 0 Å². The van der Waals surface area contributed by atoms with Crippen molar-refractivity contribution in [1.82, 2.24) is 9.97 Å². The minimum Gasteiger partial charge on any atom is -0.357 e. The van der Waals surface area contributed by atoms with Crippen molar-refractivity contribution in [1.29, 1.82) is 5.26 Å². The summed E-state index contributed by atoms with van der Waals surface area (Å²) in [5, 5.41) is 9.25. The first-order valence-electron chi connectivity index (χ1n) is 3.34. The smallest absolute Gasteiger partial charge is 0.107 e. The molecule has 0 atom stereocenters. The molecule has 0 fully saturated rings. The van der Waals surface area contributed by atoms with Crippen molar-refractivity contribution in [2.75, 3.05) is 0 Å². The second-order valence-corrected chi connectivity index (χ2v) is 2.74. The van der Waals surface area contributed by atoms with Crippen LogP contribution in [0.1, 0.15) is 5.56 Å². The predicted octanol–water partition coefficient (Wildman–Crippen LogP) is 2.09. The van der Waals surface area contributed by atoms with Gasteiger partial charge in [-0.05, 0) is 6.07 Å². The molecule has 0 spiro atoms. The molecule has 2 rings (SSSR count). The Balaban J connectivity index is 2.91. The molecule has 58 valence electrons. The molecule has 2 aromatic rings. The molecular formula is C8H4ClN3. The molecule has 0 saturated carbocycles. The molecule has 0 aliphatic carbocycles. The minimum atomic E-state index is 0.521. The molecule has 2 aromatic heterocycles. The highest BCUT2D eigenvalue weighted by atomic mass is 35.5. The predicted molar refractivity (Wildman–Crippen MR) is 45.8 cm³/mol. The van der Waals surface area contributed by atoms with E-state index in [1.807, 2.05) is 6.07 Å². The van der Waals surface area contributed by atoms with E-state index in [-0.39, 0.29) is 0 Å². The fourth-order valence-corrected chi connectivity index (χ4v) is 1.28. The van der Waals surface area contributed by atoms with Crippen LogP contribution >= 0.6 is 11.6 Å². The number of hydrogen-bond acceptors (Lipinski definition) is 2. The van der Waals surface area contributed by atoms with Gasteiger partial charge in [0, 0.05) is 12.4 Å². The van der Waals surface area contributed by atoms with Gasteiger partial charge in [0.15, 0.2) is 0 Å². The van der Waals surface area contributed by atoms with Gasteiger partial charge in [-0.25, -0.2) is 0 Å². The van der Waals surface area contributed by atoms with Gasteiger partial charge in [-0.3, -0.25) is 4.98 Å². The van der Waals surface area contributed by atoms with Gasteiger partial charge in [-0.1, -0.05) is 11.6 Å². The van der Waals surface area contributed by atoms with Gasteiger partial charge < -0.3 is 4.98 Å². The van der Waals surface area contributed by atoms with Crippen LogP contribution in [-0.2, 0) is 0 Å².